The van der Waals surface area contributed by atoms with Gasteiger partial charge in [-0.05, 0) is 45.2 Å². The second-order valence-electron chi connectivity index (χ2n) is 5.53. The molecule has 3 rings (SSSR count). The van der Waals surface area contributed by atoms with E-state index in [1.807, 2.05) is 6.92 Å². The number of hydrogen-bond donors (Lipinski definition) is 1. The molecule has 0 saturated carbocycles. The van der Waals surface area contributed by atoms with Crippen LogP contribution in [0.15, 0.2) is 12.4 Å². The van der Waals surface area contributed by atoms with Gasteiger partial charge < -0.3 is 10.1 Å². The van der Waals surface area contributed by atoms with Crippen molar-refractivity contribution in [3.8, 4) is 0 Å². The minimum atomic E-state index is -0.315. The Morgan fingerprint density at radius 3 is 2.80 bits per heavy atom. The molecule has 1 amide bonds. The summed E-state index contributed by atoms with van der Waals surface area (Å²) in [5.74, 6) is 1.28. The van der Waals surface area contributed by atoms with Crippen molar-refractivity contribution in [1.82, 2.24) is 15.3 Å². The highest BCUT2D eigenvalue weighted by Gasteiger charge is 2.32. The predicted molar refractivity (Wildman–Crippen MR) is 74.6 cm³/mol. The molecule has 1 atom stereocenters. The first-order valence-corrected chi connectivity index (χ1v) is 7.23. The fraction of sp³-hybridized carbons (Fsp3) is 0.643. The number of rotatable bonds is 3. The number of carbonyl (C=O) groups excluding carboxylic acids is 1. The maximum absolute atomic E-state index is 11.9. The zero-order chi connectivity index (χ0) is 13.9. The molecule has 6 nitrogen and oxygen atoms in total. The summed E-state index contributed by atoms with van der Waals surface area (Å²) in [5, 5.41) is 3.36. The fourth-order valence-electron chi connectivity index (χ4n) is 2.87. The van der Waals surface area contributed by atoms with Crippen molar-refractivity contribution in [2.45, 2.75) is 32.3 Å². The van der Waals surface area contributed by atoms with Crippen LogP contribution in [0.4, 0.5) is 10.6 Å². The van der Waals surface area contributed by atoms with E-state index in [1.54, 1.807) is 17.3 Å². The van der Waals surface area contributed by atoms with Gasteiger partial charge in [-0.3, -0.25) is 9.88 Å². The molecule has 1 unspecified atom stereocenters. The van der Waals surface area contributed by atoms with Gasteiger partial charge in [-0.2, -0.15) is 0 Å². The van der Waals surface area contributed by atoms with Crippen LogP contribution < -0.4 is 10.2 Å². The number of piperidine rings is 1. The molecule has 0 bridgehead atoms. The first-order valence-electron chi connectivity index (χ1n) is 7.23. The molecule has 6 heteroatoms. The highest BCUT2D eigenvalue weighted by molar-refractivity contribution is 5.89. The lowest BCUT2D eigenvalue weighted by Gasteiger charge is -2.23. The second-order valence-corrected chi connectivity index (χ2v) is 5.53. The number of hydrogen-bond acceptors (Lipinski definition) is 5. The Kier molecular flexibility index (Phi) is 3.82. The standard InChI is InChI=1S/C14H20N4O2/c1-10-9-18(14(19)20-10)13-12(16-6-7-17-13)8-11-2-4-15-5-3-11/h6-7,10-11,15H,2-5,8-9H2,1H3. The van der Waals surface area contributed by atoms with Gasteiger partial charge in [0.2, 0.25) is 0 Å². The van der Waals surface area contributed by atoms with Gasteiger partial charge in [-0.1, -0.05) is 0 Å². The van der Waals surface area contributed by atoms with Gasteiger partial charge in [0.05, 0.1) is 12.2 Å². The van der Waals surface area contributed by atoms with Crippen molar-refractivity contribution in [2.75, 3.05) is 24.5 Å². The molecule has 108 valence electrons. The molecule has 3 heterocycles. The van der Waals surface area contributed by atoms with Crippen LogP contribution in [0.5, 0.6) is 0 Å². The first-order chi connectivity index (χ1) is 9.74. The van der Waals surface area contributed by atoms with Gasteiger partial charge in [0.15, 0.2) is 5.82 Å². The van der Waals surface area contributed by atoms with Gasteiger partial charge >= 0.3 is 6.09 Å². The quantitative estimate of drug-likeness (QED) is 0.903. The molecular weight excluding hydrogens is 256 g/mol. The van der Waals surface area contributed by atoms with E-state index in [2.05, 4.69) is 15.3 Å². The van der Waals surface area contributed by atoms with Gasteiger partial charge in [0.25, 0.3) is 0 Å². The molecule has 1 aromatic heterocycles. The van der Waals surface area contributed by atoms with Gasteiger partial charge in [-0.25, -0.2) is 9.78 Å². The topological polar surface area (TPSA) is 67.4 Å². The lowest BCUT2D eigenvalue weighted by Crippen LogP contribution is -2.30. The Bertz CT molecular complexity index is 488. The van der Waals surface area contributed by atoms with Crippen LogP contribution in [0.3, 0.4) is 0 Å². The van der Waals surface area contributed by atoms with Crippen LogP contribution in [0.1, 0.15) is 25.5 Å². The summed E-state index contributed by atoms with van der Waals surface area (Å²) in [6.45, 7) is 4.56. The Hall–Kier alpha value is -1.69. The molecule has 1 N–H and O–H groups in total. The van der Waals surface area contributed by atoms with Gasteiger partial charge in [-0.15, -0.1) is 0 Å². The van der Waals surface area contributed by atoms with E-state index in [9.17, 15) is 4.79 Å². The van der Waals surface area contributed by atoms with E-state index in [1.165, 1.54) is 0 Å². The summed E-state index contributed by atoms with van der Waals surface area (Å²) < 4.78 is 5.18. The molecule has 2 aliphatic heterocycles. The summed E-state index contributed by atoms with van der Waals surface area (Å²) in [6.07, 6.45) is 6.11. The molecule has 20 heavy (non-hydrogen) atoms. The van der Waals surface area contributed by atoms with Crippen LogP contribution in [-0.4, -0.2) is 41.8 Å². The average Bonchev–Trinajstić information content (AvgIpc) is 2.79. The highest BCUT2D eigenvalue weighted by Crippen LogP contribution is 2.25. The Morgan fingerprint density at radius 2 is 2.10 bits per heavy atom. The number of amides is 1. The second kappa shape index (κ2) is 5.75. The predicted octanol–water partition coefficient (Wildman–Crippen LogP) is 1.36. The van der Waals surface area contributed by atoms with Crippen LogP contribution >= 0.6 is 0 Å². The first kappa shape index (κ1) is 13.3. The van der Waals surface area contributed by atoms with E-state index in [0.717, 1.165) is 38.0 Å². The zero-order valence-corrected chi connectivity index (χ0v) is 11.7. The molecular formula is C14H20N4O2. The number of cyclic esters (lactones) is 1. The van der Waals surface area contributed by atoms with Gasteiger partial charge in [0, 0.05) is 12.4 Å². The highest BCUT2D eigenvalue weighted by atomic mass is 16.6. The third-order valence-corrected chi connectivity index (χ3v) is 3.91. The van der Waals surface area contributed by atoms with Crippen molar-refractivity contribution in [1.29, 1.82) is 0 Å². The number of ether oxygens (including phenoxy) is 1. The fourth-order valence-corrected chi connectivity index (χ4v) is 2.87. The smallest absolute Gasteiger partial charge is 0.415 e. The summed E-state index contributed by atoms with van der Waals surface area (Å²) >= 11 is 0. The van der Waals surface area contributed by atoms with E-state index in [-0.39, 0.29) is 12.2 Å². The number of aromatic nitrogens is 2. The molecule has 0 aromatic carbocycles. The minimum absolute atomic E-state index is 0.0868. The molecule has 2 saturated heterocycles. The van der Waals surface area contributed by atoms with Crippen molar-refractivity contribution < 1.29 is 9.53 Å². The maximum atomic E-state index is 11.9. The molecule has 1 aromatic rings. The lowest BCUT2D eigenvalue weighted by atomic mass is 9.93. The summed E-state index contributed by atoms with van der Waals surface area (Å²) in [4.78, 5) is 22.3. The lowest BCUT2D eigenvalue weighted by molar-refractivity contribution is 0.149. The van der Waals surface area contributed by atoms with Gasteiger partial charge in [0.1, 0.15) is 6.10 Å². The Balaban J connectivity index is 1.79. The van der Waals surface area contributed by atoms with Crippen LogP contribution in [0.2, 0.25) is 0 Å². The van der Waals surface area contributed by atoms with E-state index in [0.29, 0.717) is 18.3 Å². The molecule has 2 aliphatic rings. The zero-order valence-electron chi connectivity index (χ0n) is 11.7. The van der Waals surface area contributed by atoms with E-state index < -0.39 is 0 Å². The average molecular weight is 276 g/mol. The minimum Gasteiger partial charge on any atom is -0.444 e. The van der Waals surface area contributed by atoms with Crippen molar-refractivity contribution in [3.05, 3.63) is 18.1 Å². The molecule has 0 radical (unpaired) electrons. The third-order valence-electron chi connectivity index (χ3n) is 3.91. The molecule has 2 fully saturated rings. The summed E-state index contributed by atoms with van der Waals surface area (Å²) in [5.41, 5.74) is 0.908. The number of nitrogens with one attached hydrogen (secondary N) is 1. The molecule has 0 spiro atoms. The summed E-state index contributed by atoms with van der Waals surface area (Å²) in [6, 6.07) is 0. The SMILES string of the molecule is CC1CN(c2nccnc2CC2CCNCC2)C(=O)O1. The van der Waals surface area contributed by atoms with E-state index >= 15 is 0 Å². The van der Waals surface area contributed by atoms with E-state index in [4.69, 9.17) is 4.74 Å². The summed E-state index contributed by atoms with van der Waals surface area (Å²) in [7, 11) is 0. The normalized spacial score (nSPS) is 23.9. The number of nitrogens with zero attached hydrogens (tertiary/aromatic N) is 3. The third kappa shape index (κ3) is 2.75. The Labute approximate surface area is 118 Å². The van der Waals surface area contributed by atoms with Crippen LogP contribution in [0.25, 0.3) is 0 Å². The Morgan fingerprint density at radius 1 is 1.35 bits per heavy atom. The van der Waals surface area contributed by atoms with Crippen molar-refractivity contribution >= 4 is 11.9 Å². The molecule has 0 aliphatic carbocycles. The monoisotopic (exact) mass is 276 g/mol. The number of carbonyl (C=O) groups is 1. The maximum Gasteiger partial charge on any atom is 0.415 e. The van der Waals surface area contributed by atoms with Crippen LogP contribution in [0, 0.1) is 5.92 Å². The largest absolute Gasteiger partial charge is 0.444 e. The number of anilines is 1. The van der Waals surface area contributed by atoms with Crippen molar-refractivity contribution in [2.24, 2.45) is 5.92 Å². The van der Waals surface area contributed by atoms with Crippen LogP contribution in [-0.2, 0) is 11.2 Å². The van der Waals surface area contributed by atoms with Crippen molar-refractivity contribution in [3.63, 3.8) is 0 Å².